The molecule has 2 aromatic rings. The highest BCUT2D eigenvalue weighted by Gasteiger charge is 2.31. The van der Waals surface area contributed by atoms with Crippen molar-refractivity contribution >= 4 is 11.6 Å². The fourth-order valence-electron chi connectivity index (χ4n) is 3.00. The molecule has 1 aliphatic rings. The fourth-order valence-corrected chi connectivity index (χ4v) is 3.00. The Labute approximate surface area is 130 Å². The zero-order valence-corrected chi connectivity index (χ0v) is 12.5. The molecule has 114 valence electrons. The van der Waals surface area contributed by atoms with Gasteiger partial charge in [-0.1, -0.05) is 42.5 Å². The summed E-state index contributed by atoms with van der Waals surface area (Å²) in [6.07, 6.45) is 1.09. The quantitative estimate of drug-likeness (QED) is 0.947. The van der Waals surface area contributed by atoms with Gasteiger partial charge in [0.1, 0.15) is 5.75 Å². The van der Waals surface area contributed by atoms with Gasteiger partial charge in [0.25, 0.3) is 5.91 Å². The fraction of sp³-hybridized carbons (Fsp3) is 0.278. The van der Waals surface area contributed by atoms with Gasteiger partial charge >= 0.3 is 0 Å². The van der Waals surface area contributed by atoms with Crippen LogP contribution in [0.2, 0.25) is 0 Å². The number of para-hydroxylation sites is 1. The third-order valence-electron chi connectivity index (χ3n) is 4.02. The highest BCUT2D eigenvalue weighted by atomic mass is 16.5. The number of phenolic OH excluding ortho intramolecular Hbond substituents is 1. The summed E-state index contributed by atoms with van der Waals surface area (Å²) in [5, 5.41) is 10.2. The number of rotatable bonds is 3. The van der Waals surface area contributed by atoms with Crippen LogP contribution in [0.3, 0.4) is 0 Å². The topological polar surface area (TPSA) is 49.8 Å². The van der Waals surface area contributed by atoms with Crippen molar-refractivity contribution in [1.29, 1.82) is 0 Å². The summed E-state index contributed by atoms with van der Waals surface area (Å²) < 4.78 is 5.43. The summed E-state index contributed by atoms with van der Waals surface area (Å²) in [5.41, 5.74) is 2.44. The first-order valence-electron chi connectivity index (χ1n) is 7.42. The Morgan fingerprint density at radius 3 is 2.68 bits per heavy atom. The lowest BCUT2D eigenvalue weighted by molar-refractivity contribution is -0.128. The first-order valence-corrected chi connectivity index (χ1v) is 7.42. The van der Waals surface area contributed by atoms with Gasteiger partial charge in [0, 0.05) is 13.7 Å². The summed E-state index contributed by atoms with van der Waals surface area (Å²) in [6, 6.07) is 14.8. The Hall–Kier alpha value is -2.33. The van der Waals surface area contributed by atoms with E-state index < -0.39 is 6.10 Å². The molecule has 1 aliphatic heterocycles. The molecule has 0 aliphatic carbocycles. The molecule has 0 radical (unpaired) electrons. The number of anilines is 1. The maximum absolute atomic E-state index is 12.9. The Morgan fingerprint density at radius 2 is 1.95 bits per heavy atom. The van der Waals surface area contributed by atoms with Crippen LogP contribution >= 0.6 is 0 Å². The number of hydrogen-bond acceptors (Lipinski definition) is 3. The monoisotopic (exact) mass is 297 g/mol. The molecule has 2 aromatic carbocycles. The van der Waals surface area contributed by atoms with Crippen molar-refractivity contribution in [1.82, 2.24) is 0 Å². The third-order valence-corrected chi connectivity index (χ3v) is 4.02. The van der Waals surface area contributed by atoms with E-state index in [9.17, 15) is 9.90 Å². The summed E-state index contributed by atoms with van der Waals surface area (Å²) >= 11 is 0. The number of carbonyl (C=O) groups is 1. The number of aryl methyl sites for hydroxylation is 1. The van der Waals surface area contributed by atoms with Crippen molar-refractivity contribution in [3.8, 4) is 5.75 Å². The molecule has 0 unspecified atom stereocenters. The maximum Gasteiger partial charge on any atom is 0.260 e. The number of aromatic hydroxyl groups is 1. The van der Waals surface area contributed by atoms with E-state index >= 15 is 0 Å². The molecule has 0 saturated carbocycles. The lowest BCUT2D eigenvalue weighted by atomic mass is 9.99. The van der Waals surface area contributed by atoms with Crippen LogP contribution in [-0.2, 0) is 16.0 Å². The van der Waals surface area contributed by atoms with Crippen molar-refractivity contribution in [2.45, 2.75) is 18.9 Å². The number of benzene rings is 2. The van der Waals surface area contributed by atoms with Crippen LogP contribution in [0.4, 0.5) is 5.69 Å². The smallest absolute Gasteiger partial charge is 0.260 e. The number of nitrogens with zero attached hydrogens (tertiary/aromatic N) is 1. The van der Waals surface area contributed by atoms with Crippen molar-refractivity contribution in [2.24, 2.45) is 0 Å². The zero-order valence-electron chi connectivity index (χ0n) is 12.5. The molecule has 0 spiro atoms. The first kappa shape index (κ1) is 14.6. The number of phenols is 1. The van der Waals surface area contributed by atoms with E-state index in [1.54, 1.807) is 11.0 Å². The molecule has 4 nitrogen and oxygen atoms in total. The van der Waals surface area contributed by atoms with Crippen molar-refractivity contribution in [3.63, 3.8) is 0 Å². The molecule has 0 bridgehead atoms. The summed E-state index contributed by atoms with van der Waals surface area (Å²) in [6.45, 7) is 0.593. The Bertz CT molecular complexity index is 669. The van der Waals surface area contributed by atoms with Gasteiger partial charge in [0.05, 0.1) is 5.69 Å². The first-order chi connectivity index (χ1) is 10.7. The standard InChI is InChI=1S/C18H19NO3/c1-22-17(14-7-3-2-4-8-14)18(21)19-12-6-10-13-9-5-11-15(20)16(13)19/h2-5,7-9,11,17,20H,6,10,12H2,1H3/t17-/m0/s1. The normalized spacial score (nSPS) is 15.2. The number of amides is 1. The van der Waals surface area contributed by atoms with Crippen LogP contribution < -0.4 is 4.90 Å². The largest absolute Gasteiger partial charge is 0.506 e. The van der Waals surface area contributed by atoms with Crippen LogP contribution in [-0.4, -0.2) is 24.7 Å². The highest BCUT2D eigenvalue weighted by molar-refractivity contribution is 5.99. The second kappa shape index (κ2) is 6.20. The van der Waals surface area contributed by atoms with Crippen LogP contribution in [0.25, 0.3) is 0 Å². The summed E-state index contributed by atoms with van der Waals surface area (Å²) in [7, 11) is 1.53. The van der Waals surface area contributed by atoms with Crippen LogP contribution in [0.15, 0.2) is 48.5 Å². The minimum Gasteiger partial charge on any atom is -0.506 e. The van der Waals surface area contributed by atoms with Gasteiger partial charge in [0.2, 0.25) is 0 Å². The van der Waals surface area contributed by atoms with Gasteiger partial charge in [-0.05, 0) is 30.0 Å². The van der Waals surface area contributed by atoms with E-state index in [0.717, 1.165) is 24.0 Å². The van der Waals surface area contributed by atoms with Gasteiger partial charge in [-0.3, -0.25) is 4.79 Å². The second-order valence-electron chi connectivity index (χ2n) is 5.40. The predicted octanol–water partition coefficient (Wildman–Crippen LogP) is 3.06. The zero-order chi connectivity index (χ0) is 15.5. The Morgan fingerprint density at radius 1 is 1.18 bits per heavy atom. The molecule has 4 heteroatoms. The van der Waals surface area contributed by atoms with Gasteiger partial charge in [0.15, 0.2) is 6.10 Å². The van der Waals surface area contributed by atoms with E-state index in [1.807, 2.05) is 42.5 Å². The van der Waals surface area contributed by atoms with Crippen molar-refractivity contribution in [3.05, 3.63) is 59.7 Å². The average molecular weight is 297 g/mol. The Balaban J connectivity index is 1.96. The minimum atomic E-state index is -0.660. The van der Waals surface area contributed by atoms with E-state index in [0.29, 0.717) is 12.2 Å². The molecule has 0 aromatic heterocycles. The minimum absolute atomic E-state index is 0.142. The molecule has 0 saturated heterocycles. The SMILES string of the molecule is CO[C@H](C(=O)N1CCCc2cccc(O)c21)c1ccccc1. The number of carbonyl (C=O) groups excluding carboxylic acids is 1. The Kier molecular flexibility index (Phi) is 4.11. The molecule has 3 rings (SSSR count). The van der Waals surface area contributed by atoms with Crippen molar-refractivity contribution in [2.75, 3.05) is 18.6 Å². The molecular weight excluding hydrogens is 278 g/mol. The number of ether oxygens (including phenoxy) is 1. The van der Waals surface area contributed by atoms with Gasteiger partial charge in [-0.15, -0.1) is 0 Å². The summed E-state index contributed by atoms with van der Waals surface area (Å²) in [5.74, 6) is 0.00427. The van der Waals surface area contributed by atoms with Gasteiger partial charge in [-0.25, -0.2) is 0 Å². The lowest BCUT2D eigenvalue weighted by Crippen LogP contribution is -2.39. The molecule has 1 atom stereocenters. The lowest BCUT2D eigenvalue weighted by Gasteiger charge is -2.32. The van der Waals surface area contributed by atoms with E-state index in [-0.39, 0.29) is 11.7 Å². The summed E-state index contributed by atoms with van der Waals surface area (Å²) in [4.78, 5) is 14.6. The molecule has 1 N–H and O–H groups in total. The second-order valence-corrected chi connectivity index (χ2v) is 5.40. The maximum atomic E-state index is 12.9. The van der Waals surface area contributed by atoms with Gasteiger partial charge in [-0.2, -0.15) is 0 Å². The van der Waals surface area contributed by atoms with E-state index in [2.05, 4.69) is 0 Å². The average Bonchev–Trinajstić information content (AvgIpc) is 2.56. The highest BCUT2D eigenvalue weighted by Crippen LogP contribution is 2.37. The molecule has 1 amide bonds. The van der Waals surface area contributed by atoms with E-state index in [4.69, 9.17) is 4.74 Å². The molecular formula is C18H19NO3. The van der Waals surface area contributed by atoms with Crippen molar-refractivity contribution < 1.29 is 14.6 Å². The molecule has 0 fully saturated rings. The number of fused-ring (bicyclic) bond motifs is 1. The van der Waals surface area contributed by atoms with Crippen LogP contribution in [0, 0.1) is 0 Å². The third kappa shape index (κ3) is 2.57. The number of methoxy groups -OCH3 is 1. The predicted molar refractivity (Wildman–Crippen MR) is 85.0 cm³/mol. The van der Waals surface area contributed by atoms with Gasteiger partial charge < -0.3 is 14.7 Å². The van der Waals surface area contributed by atoms with E-state index in [1.165, 1.54) is 7.11 Å². The molecule has 22 heavy (non-hydrogen) atoms. The molecule has 1 heterocycles. The van der Waals surface area contributed by atoms with Crippen LogP contribution in [0.1, 0.15) is 23.7 Å². The number of hydrogen-bond donors (Lipinski definition) is 1. The van der Waals surface area contributed by atoms with Crippen LogP contribution in [0.5, 0.6) is 5.75 Å².